The minimum Gasteiger partial charge on any atom is -0.388 e. The Hall–Kier alpha value is -0.500. The minimum absolute atomic E-state index is 0.232. The van der Waals surface area contributed by atoms with Crippen molar-refractivity contribution in [3.8, 4) is 0 Å². The van der Waals surface area contributed by atoms with Gasteiger partial charge in [0.1, 0.15) is 30.5 Å². The van der Waals surface area contributed by atoms with Gasteiger partial charge in [-0.3, -0.25) is 0 Å². The molecule has 0 bridgehead atoms. The second kappa shape index (κ2) is 6.59. The molecule has 4 aliphatic rings. The van der Waals surface area contributed by atoms with Crippen LogP contribution < -0.4 is 0 Å². The Morgan fingerprint density at radius 1 is 1.04 bits per heavy atom. The van der Waals surface area contributed by atoms with Gasteiger partial charge in [-0.15, -0.1) is 6.58 Å². The summed E-state index contributed by atoms with van der Waals surface area (Å²) in [5.74, 6) is -1.20. The molecule has 4 rings (SSSR count). The highest BCUT2D eigenvalue weighted by Gasteiger charge is 2.60. The summed E-state index contributed by atoms with van der Waals surface area (Å²) in [6, 6.07) is 0. The van der Waals surface area contributed by atoms with E-state index in [0.717, 1.165) is 25.7 Å². The summed E-state index contributed by atoms with van der Waals surface area (Å²) in [6.45, 7) is 8.04. The van der Waals surface area contributed by atoms with Crippen LogP contribution in [0.15, 0.2) is 12.7 Å². The highest BCUT2D eigenvalue weighted by Crippen LogP contribution is 2.46. The monoisotopic (exact) mass is 354 g/mol. The molecule has 3 unspecified atom stereocenters. The van der Waals surface area contributed by atoms with Gasteiger partial charge in [0.05, 0.1) is 12.7 Å². The van der Waals surface area contributed by atoms with E-state index < -0.39 is 23.8 Å². The normalized spacial score (nSPS) is 45.4. The molecule has 4 fully saturated rings. The number of fused-ring (bicyclic) bond motifs is 1. The van der Waals surface area contributed by atoms with Crippen molar-refractivity contribution in [1.82, 2.24) is 0 Å². The molecular weight excluding hydrogens is 324 g/mol. The average Bonchev–Trinajstić information content (AvgIpc) is 3.12. The zero-order valence-corrected chi connectivity index (χ0v) is 15.2. The van der Waals surface area contributed by atoms with Crippen LogP contribution in [-0.2, 0) is 23.7 Å². The Morgan fingerprint density at radius 3 is 2.40 bits per heavy atom. The van der Waals surface area contributed by atoms with E-state index in [2.05, 4.69) is 6.58 Å². The van der Waals surface area contributed by atoms with Crippen molar-refractivity contribution in [3.05, 3.63) is 12.7 Å². The molecule has 0 aromatic heterocycles. The van der Waals surface area contributed by atoms with Crippen molar-refractivity contribution in [2.24, 2.45) is 0 Å². The number of hydrogen-bond donors (Lipinski definition) is 1. The standard InChI is InChI=1S/C19H30O6/c1-4-8-12-14(20)16-17(25-19(24-16)9-6-5-7-10-19)15(22-12)13-11-21-18(2,3)23-13/h4,12-17,20H,1,5-11H2,2-3H3/t12?,13-,14?,15+,16?,17-/m1/s1. The number of ether oxygens (including phenoxy) is 5. The van der Waals surface area contributed by atoms with E-state index in [1.807, 2.05) is 13.8 Å². The van der Waals surface area contributed by atoms with Crippen molar-refractivity contribution < 1.29 is 28.8 Å². The third kappa shape index (κ3) is 3.29. The van der Waals surface area contributed by atoms with Gasteiger partial charge in [-0.05, 0) is 33.1 Å². The van der Waals surface area contributed by atoms with Crippen LogP contribution in [0.2, 0.25) is 0 Å². The maximum Gasteiger partial charge on any atom is 0.169 e. The zero-order chi connectivity index (χ0) is 17.7. The maximum absolute atomic E-state index is 10.8. The second-order valence-corrected chi connectivity index (χ2v) is 8.16. The van der Waals surface area contributed by atoms with Crippen molar-refractivity contribution in [2.45, 2.75) is 101 Å². The van der Waals surface area contributed by atoms with E-state index in [1.54, 1.807) is 6.08 Å². The van der Waals surface area contributed by atoms with Gasteiger partial charge in [0, 0.05) is 12.8 Å². The molecule has 1 spiro atoms. The number of aliphatic hydroxyl groups is 1. The summed E-state index contributed by atoms with van der Waals surface area (Å²) in [5, 5.41) is 10.8. The molecule has 0 radical (unpaired) electrons. The minimum atomic E-state index is -0.726. The maximum atomic E-state index is 10.8. The lowest BCUT2D eigenvalue weighted by Gasteiger charge is -2.41. The molecule has 1 aliphatic carbocycles. The summed E-state index contributed by atoms with van der Waals surface area (Å²) in [5.41, 5.74) is 0. The van der Waals surface area contributed by atoms with Crippen molar-refractivity contribution in [3.63, 3.8) is 0 Å². The fourth-order valence-electron chi connectivity index (χ4n) is 4.61. The first-order valence-corrected chi connectivity index (χ1v) is 9.55. The topological polar surface area (TPSA) is 66.4 Å². The number of rotatable bonds is 3. The van der Waals surface area contributed by atoms with Gasteiger partial charge in [-0.25, -0.2) is 0 Å². The molecule has 3 saturated heterocycles. The van der Waals surface area contributed by atoms with Gasteiger partial charge in [-0.1, -0.05) is 12.5 Å². The van der Waals surface area contributed by atoms with Crippen LogP contribution in [0.1, 0.15) is 52.4 Å². The van der Waals surface area contributed by atoms with Crippen molar-refractivity contribution in [1.29, 1.82) is 0 Å². The van der Waals surface area contributed by atoms with E-state index in [-0.39, 0.29) is 24.4 Å². The predicted molar refractivity (Wildman–Crippen MR) is 89.9 cm³/mol. The highest BCUT2D eigenvalue weighted by atomic mass is 16.8. The quantitative estimate of drug-likeness (QED) is 0.785. The average molecular weight is 354 g/mol. The van der Waals surface area contributed by atoms with E-state index >= 15 is 0 Å². The molecule has 1 N–H and O–H groups in total. The van der Waals surface area contributed by atoms with Crippen LogP contribution in [0, 0.1) is 0 Å². The van der Waals surface area contributed by atoms with Crippen LogP contribution in [-0.4, -0.2) is 59.9 Å². The molecular formula is C19H30O6. The van der Waals surface area contributed by atoms with Crippen LogP contribution in [0.25, 0.3) is 0 Å². The molecule has 0 amide bonds. The van der Waals surface area contributed by atoms with Crippen LogP contribution >= 0.6 is 0 Å². The SMILES string of the molecule is C=CCC1O[C@@H]([C@H]2COC(C)(C)O2)[C@H]2OC3(CCCCC3)OC2C1O. The van der Waals surface area contributed by atoms with Crippen LogP contribution in [0.3, 0.4) is 0 Å². The first-order valence-electron chi connectivity index (χ1n) is 9.55. The Kier molecular flexibility index (Phi) is 4.71. The summed E-state index contributed by atoms with van der Waals surface area (Å²) < 4.78 is 30.8. The zero-order valence-electron chi connectivity index (χ0n) is 15.2. The number of hydrogen-bond acceptors (Lipinski definition) is 6. The Balaban J connectivity index is 1.58. The van der Waals surface area contributed by atoms with Crippen LogP contribution in [0.4, 0.5) is 0 Å². The van der Waals surface area contributed by atoms with E-state index in [9.17, 15) is 5.11 Å². The molecule has 6 heteroatoms. The molecule has 3 heterocycles. The lowest BCUT2D eigenvalue weighted by atomic mass is 9.91. The molecule has 6 atom stereocenters. The molecule has 1 saturated carbocycles. The third-order valence-corrected chi connectivity index (χ3v) is 5.81. The van der Waals surface area contributed by atoms with Crippen LogP contribution in [0.5, 0.6) is 0 Å². The Bertz CT molecular complexity index is 500. The van der Waals surface area contributed by atoms with E-state index in [1.165, 1.54) is 6.42 Å². The summed E-state index contributed by atoms with van der Waals surface area (Å²) in [7, 11) is 0. The first-order chi connectivity index (χ1) is 11.9. The predicted octanol–water partition coefficient (Wildman–Crippen LogP) is 2.29. The van der Waals surface area contributed by atoms with Gasteiger partial charge in [0.15, 0.2) is 11.6 Å². The lowest BCUT2D eigenvalue weighted by Crippen LogP contribution is -2.59. The molecule has 0 aromatic carbocycles. The largest absolute Gasteiger partial charge is 0.388 e. The summed E-state index contributed by atoms with van der Waals surface area (Å²) in [4.78, 5) is 0. The summed E-state index contributed by atoms with van der Waals surface area (Å²) >= 11 is 0. The Labute approximate surface area is 149 Å². The molecule has 6 nitrogen and oxygen atoms in total. The molecule has 142 valence electrons. The Morgan fingerprint density at radius 2 is 1.76 bits per heavy atom. The fraction of sp³-hybridized carbons (Fsp3) is 0.895. The van der Waals surface area contributed by atoms with Gasteiger partial charge >= 0.3 is 0 Å². The van der Waals surface area contributed by atoms with E-state index in [0.29, 0.717) is 13.0 Å². The second-order valence-electron chi connectivity index (χ2n) is 8.16. The number of aliphatic hydroxyl groups excluding tert-OH is 1. The van der Waals surface area contributed by atoms with Crippen molar-refractivity contribution in [2.75, 3.05) is 6.61 Å². The van der Waals surface area contributed by atoms with Gasteiger partial charge in [0.25, 0.3) is 0 Å². The first kappa shape index (κ1) is 17.9. The lowest BCUT2D eigenvalue weighted by molar-refractivity contribution is -0.227. The molecule has 0 aromatic rings. The van der Waals surface area contributed by atoms with Gasteiger partial charge in [0.2, 0.25) is 0 Å². The summed E-state index contributed by atoms with van der Waals surface area (Å²) in [6.07, 6.45) is 5.10. The molecule has 3 aliphatic heterocycles. The van der Waals surface area contributed by atoms with Gasteiger partial charge < -0.3 is 28.8 Å². The van der Waals surface area contributed by atoms with E-state index in [4.69, 9.17) is 23.7 Å². The highest BCUT2D eigenvalue weighted by molar-refractivity contribution is 5.04. The smallest absolute Gasteiger partial charge is 0.169 e. The fourth-order valence-corrected chi connectivity index (χ4v) is 4.61. The van der Waals surface area contributed by atoms with Crippen molar-refractivity contribution >= 4 is 0 Å². The molecule has 25 heavy (non-hydrogen) atoms. The van der Waals surface area contributed by atoms with Gasteiger partial charge in [-0.2, -0.15) is 0 Å². The third-order valence-electron chi connectivity index (χ3n) is 5.81.